The molecule has 1 aromatic rings. The molecular weight excluding hydrogens is 276 g/mol. The molecule has 110 valence electrons. The summed E-state index contributed by atoms with van der Waals surface area (Å²) in [5.41, 5.74) is 1.05. The van der Waals surface area contributed by atoms with Gasteiger partial charge in [0, 0.05) is 31.6 Å². The number of carbonyl (C=O) groups excluding carboxylic acids is 1. The van der Waals surface area contributed by atoms with Crippen molar-refractivity contribution < 1.29 is 4.79 Å². The molecule has 0 unspecified atom stereocenters. The number of nitrogens with one attached hydrogen (secondary N) is 3. The Morgan fingerprint density at radius 1 is 1.25 bits per heavy atom. The van der Waals surface area contributed by atoms with Crippen molar-refractivity contribution in [1.82, 2.24) is 16.0 Å². The van der Waals surface area contributed by atoms with Gasteiger partial charge in [-0.3, -0.25) is 4.79 Å². The minimum Gasteiger partial charge on any atom is -0.357 e. The number of amides is 1. The highest BCUT2D eigenvalue weighted by atomic mass is 35.5. The summed E-state index contributed by atoms with van der Waals surface area (Å²) in [7, 11) is 0. The lowest BCUT2D eigenvalue weighted by atomic mass is 10.2. The lowest BCUT2D eigenvalue weighted by molar-refractivity contribution is -0.118. The molecule has 0 saturated heterocycles. The Labute approximate surface area is 124 Å². The van der Waals surface area contributed by atoms with Gasteiger partial charge in [0.1, 0.15) is 0 Å². The fraction of sp³-hybridized carbons (Fsp3) is 0.429. The molecule has 0 aliphatic heterocycles. The Bertz CT molecular complexity index is 462. The van der Waals surface area contributed by atoms with Crippen LogP contribution in [0.2, 0.25) is 5.02 Å². The minimum atomic E-state index is -0.0346. The number of carbonyl (C=O) groups is 1. The fourth-order valence-corrected chi connectivity index (χ4v) is 1.78. The zero-order valence-electron chi connectivity index (χ0n) is 11.9. The molecular formula is C14H21ClN4O. The average molecular weight is 297 g/mol. The van der Waals surface area contributed by atoms with Gasteiger partial charge in [-0.1, -0.05) is 23.7 Å². The summed E-state index contributed by atoms with van der Waals surface area (Å²) in [5, 5.41) is 9.73. The molecule has 0 saturated carbocycles. The second kappa shape index (κ2) is 9.20. The van der Waals surface area contributed by atoms with Crippen molar-refractivity contribution in [3.05, 3.63) is 34.9 Å². The molecule has 0 aromatic heterocycles. The highest BCUT2D eigenvalue weighted by Crippen LogP contribution is 2.11. The van der Waals surface area contributed by atoms with E-state index in [0.29, 0.717) is 24.7 Å². The first-order chi connectivity index (χ1) is 9.61. The van der Waals surface area contributed by atoms with E-state index in [4.69, 9.17) is 11.6 Å². The van der Waals surface area contributed by atoms with Crippen LogP contribution in [0, 0.1) is 0 Å². The molecule has 1 amide bonds. The average Bonchev–Trinajstić information content (AvgIpc) is 2.40. The second-order valence-corrected chi connectivity index (χ2v) is 4.67. The topological polar surface area (TPSA) is 65.5 Å². The van der Waals surface area contributed by atoms with E-state index in [1.165, 1.54) is 6.92 Å². The maximum Gasteiger partial charge on any atom is 0.216 e. The first-order valence-corrected chi connectivity index (χ1v) is 7.00. The van der Waals surface area contributed by atoms with Crippen LogP contribution in [0.25, 0.3) is 0 Å². The van der Waals surface area contributed by atoms with E-state index in [1.54, 1.807) is 0 Å². The highest BCUT2D eigenvalue weighted by molar-refractivity contribution is 6.30. The van der Waals surface area contributed by atoms with Crippen LogP contribution in [-0.4, -0.2) is 31.5 Å². The van der Waals surface area contributed by atoms with Crippen LogP contribution in [0.3, 0.4) is 0 Å². The highest BCUT2D eigenvalue weighted by Gasteiger charge is 1.98. The maximum absolute atomic E-state index is 10.8. The van der Waals surface area contributed by atoms with Crippen LogP contribution in [0.5, 0.6) is 0 Å². The maximum atomic E-state index is 10.8. The van der Waals surface area contributed by atoms with E-state index >= 15 is 0 Å². The Hall–Kier alpha value is -1.75. The fourth-order valence-electron chi connectivity index (χ4n) is 1.57. The van der Waals surface area contributed by atoms with Crippen molar-refractivity contribution in [3.8, 4) is 0 Å². The predicted molar refractivity (Wildman–Crippen MR) is 83.0 cm³/mol. The van der Waals surface area contributed by atoms with E-state index in [2.05, 4.69) is 20.9 Å². The smallest absolute Gasteiger partial charge is 0.216 e. The Kier molecular flexibility index (Phi) is 7.50. The van der Waals surface area contributed by atoms with Crippen molar-refractivity contribution in [2.75, 3.05) is 19.6 Å². The molecule has 1 rings (SSSR count). The third-order valence-electron chi connectivity index (χ3n) is 2.44. The third-order valence-corrected chi connectivity index (χ3v) is 2.68. The SMILES string of the molecule is CCNC(=NCc1cccc(Cl)c1)NCCNC(C)=O. The van der Waals surface area contributed by atoms with Gasteiger partial charge in [-0.2, -0.15) is 0 Å². The molecule has 0 fully saturated rings. The third kappa shape index (κ3) is 6.99. The molecule has 0 heterocycles. The van der Waals surface area contributed by atoms with E-state index in [9.17, 15) is 4.79 Å². The van der Waals surface area contributed by atoms with Gasteiger partial charge in [0.25, 0.3) is 0 Å². The standard InChI is InChI=1S/C14H21ClN4O/c1-3-16-14(18-8-7-17-11(2)20)19-10-12-5-4-6-13(15)9-12/h4-6,9H,3,7-8,10H2,1-2H3,(H,17,20)(H2,16,18,19). The number of benzene rings is 1. The molecule has 20 heavy (non-hydrogen) atoms. The van der Waals surface area contributed by atoms with E-state index in [1.807, 2.05) is 31.2 Å². The number of halogens is 1. The summed E-state index contributed by atoms with van der Waals surface area (Å²) in [6.45, 7) is 6.03. The molecule has 6 heteroatoms. The quantitative estimate of drug-likeness (QED) is 0.424. The van der Waals surface area contributed by atoms with Gasteiger partial charge >= 0.3 is 0 Å². The Morgan fingerprint density at radius 2 is 2.00 bits per heavy atom. The molecule has 0 aliphatic carbocycles. The Balaban J connectivity index is 2.47. The van der Waals surface area contributed by atoms with Crippen molar-refractivity contribution >= 4 is 23.5 Å². The number of rotatable bonds is 6. The van der Waals surface area contributed by atoms with Gasteiger partial charge in [0.05, 0.1) is 6.54 Å². The van der Waals surface area contributed by atoms with Crippen molar-refractivity contribution in [2.24, 2.45) is 4.99 Å². The lowest BCUT2D eigenvalue weighted by Crippen LogP contribution is -2.41. The van der Waals surface area contributed by atoms with Crippen molar-refractivity contribution in [3.63, 3.8) is 0 Å². The van der Waals surface area contributed by atoms with Crippen LogP contribution in [0.1, 0.15) is 19.4 Å². The summed E-state index contributed by atoms with van der Waals surface area (Å²) >= 11 is 5.93. The van der Waals surface area contributed by atoms with Crippen molar-refractivity contribution in [1.29, 1.82) is 0 Å². The lowest BCUT2D eigenvalue weighted by Gasteiger charge is -2.11. The molecule has 3 N–H and O–H groups in total. The largest absolute Gasteiger partial charge is 0.357 e. The van der Waals surface area contributed by atoms with Crippen LogP contribution < -0.4 is 16.0 Å². The number of hydrogen-bond donors (Lipinski definition) is 3. The van der Waals surface area contributed by atoms with E-state index in [0.717, 1.165) is 18.1 Å². The van der Waals surface area contributed by atoms with Crippen molar-refractivity contribution in [2.45, 2.75) is 20.4 Å². The van der Waals surface area contributed by atoms with Gasteiger partial charge in [0.15, 0.2) is 5.96 Å². The van der Waals surface area contributed by atoms with Crippen LogP contribution in [0.15, 0.2) is 29.3 Å². The zero-order chi connectivity index (χ0) is 14.8. The van der Waals surface area contributed by atoms with Gasteiger partial charge in [-0.25, -0.2) is 4.99 Å². The summed E-state index contributed by atoms with van der Waals surface area (Å²) < 4.78 is 0. The minimum absolute atomic E-state index is 0.0346. The molecule has 1 aromatic carbocycles. The van der Waals surface area contributed by atoms with E-state index < -0.39 is 0 Å². The van der Waals surface area contributed by atoms with Gasteiger partial charge < -0.3 is 16.0 Å². The van der Waals surface area contributed by atoms with Crippen LogP contribution >= 0.6 is 11.6 Å². The summed E-state index contributed by atoms with van der Waals surface area (Å²) in [6.07, 6.45) is 0. The first kappa shape index (κ1) is 16.3. The molecule has 0 spiro atoms. The van der Waals surface area contributed by atoms with E-state index in [-0.39, 0.29) is 5.91 Å². The van der Waals surface area contributed by atoms with Gasteiger partial charge in [-0.05, 0) is 24.6 Å². The molecule has 0 aliphatic rings. The van der Waals surface area contributed by atoms with Crippen LogP contribution in [-0.2, 0) is 11.3 Å². The zero-order valence-corrected chi connectivity index (χ0v) is 12.6. The van der Waals surface area contributed by atoms with Gasteiger partial charge in [-0.15, -0.1) is 0 Å². The number of nitrogens with zero attached hydrogens (tertiary/aromatic N) is 1. The molecule has 0 atom stereocenters. The number of guanidine groups is 1. The summed E-state index contributed by atoms with van der Waals surface area (Å²) in [4.78, 5) is 15.2. The molecule has 5 nitrogen and oxygen atoms in total. The summed E-state index contributed by atoms with van der Waals surface area (Å²) in [5.74, 6) is 0.686. The first-order valence-electron chi connectivity index (χ1n) is 6.63. The predicted octanol–water partition coefficient (Wildman–Crippen LogP) is 1.53. The van der Waals surface area contributed by atoms with Gasteiger partial charge in [0.2, 0.25) is 5.91 Å². The van der Waals surface area contributed by atoms with Crippen LogP contribution in [0.4, 0.5) is 0 Å². The molecule has 0 radical (unpaired) electrons. The second-order valence-electron chi connectivity index (χ2n) is 4.23. The number of aliphatic imine (C=N–C) groups is 1. The molecule has 0 bridgehead atoms. The number of hydrogen-bond acceptors (Lipinski definition) is 2. The summed E-state index contributed by atoms with van der Waals surface area (Å²) in [6, 6.07) is 7.62. The Morgan fingerprint density at radius 3 is 2.65 bits per heavy atom. The monoisotopic (exact) mass is 296 g/mol. The normalized spacial score (nSPS) is 11.1.